The smallest absolute Gasteiger partial charge is 0.142 e. The van der Waals surface area contributed by atoms with Gasteiger partial charge in [0.15, 0.2) is 0 Å². The normalized spacial score (nSPS) is 10.6. The van der Waals surface area contributed by atoms with Crippen LogP contribution in [0.4, 0.5) is 5.69 Å². The Balaban J connectivity index is 1.98. The van der Waals surface area contributed by atoms with Gasteiger partial charge in [-0.3, -0.25) is 0 Å². The van der Waals surface area contributed by atoms with Crippen molar-refractivity contribution in [1.29, 1.82) is 0 Å². The summed E-state index contributed by atoms with van der Waals surface area (Å²) in [6.07, 6.45) is 1.68. The Labute approximate surface area is 108 Å². The Kier molecular flexibility index (Phi) is 4.29. The second-order valence-electron chi connectivity index (χ2n) is 4.63. The summed E-state index contributed by atoms with van der Waals surface area (Å²) in [6.45, 7) is 5.66. The third-order valence-electron chi connectivity index (χ3n) is 2.49. The number of para-hydroxylation sites is 2. The number of furan rings is 1. The minimum absolute atomic E-state index is 0.517. The van der Waals surface area contributed by atoms with Gasteiger partial charge in [-0.05, 0) is 30.2 Å². The fraction of sp³-hybridized carbons (Fsp3) is 0.333. The fourth-order valence-corrected chi connectivity index (χ4v) is 1.59. The van der Waals surface area contributed by atoms with Gasteiger partial charge in [0.1, 0.15) is 11.5 Å². The Morgan fingerprint density at radius 2 is 2.00 bits per heavy atom. The average molecular weight is 245 g/mol. The van der Waals surface area contributed by atoms with E-state index < -0.39 is 0 Å². The molecule has 0 spiro atoms. The molecule has 3 heteroatoms. The van der Waals surface area contributed by atoms with E-state index in [0.29, 0.717) is 12.5 Å². The van der Waals surface area contributed by atoms with Crippen molar-refractivity contribution in [3.63, 3.8) is 0 Å². The lowest BCUT2D eigenvalue weighted by Crippen LogP contribution is -2.07. The van der Waals surface area contributed by atoms with Gasteiger partial charge < -0.3 is 14.5 Å². The molecule has 1 aromatic heterocycles. The van der Waals surface area contributed by atoms with Crippen LogP contribution >= 0.6 is 0 Å². The second-order valence-corrected chi connectivity index (χ2v) is 4.63. The van der Waals surface area contributed by atoms with Gasteiger partial charge in [0, 0.05) is 0 Å². The molecule has 3 nitrogen and oxygen atoms in total. The van der Waals surface area contributed by atoms with Crippen LogP contribution < -0.4 is 10.1 Å². The maximum atomic E-state index is 5.78. The molecule has 2 aromatic rings. The summed E-state index contributed by atoms with van der Waals surface area (Å²) in [5.41, 5.74) is 0.995. The lowest BCUT2D eigenvalue weighted by molar-refractivity contribution is 0.272. The predicted octanol–water partition coefficient (Wildman–Crippen LogP) is 3.93. The zero-order chi connectivity index (χ0) is 12.8. The summed E-state index contributed by atoms with van der Waals surface area (Å²) in [7, 11) is 0. The fourth-order valence-electron chi connectivity index (χ4n) is 1.59. The molecule has 0 bridgehead atoms. The molecule has 0 aliphatic heterocycles. The van der Waals surface area contributed by atoms with Gasteiger partial charge in [-0.15, -0.1) is 0 Å². The quantitative estimate of drug-likeness (QED) is 0.837. The Morgan fingerprint density at radius 1 is 1.17 bits per heavy atom. The lowest BCUT2D eigenvalue weighted by atomic mass is 10.2. The molecule has 0 fully saturated rings. The summed E-state index contributed by atoms with van der Waals surface area (Å²) in [5.74, 6) is 2.31. The van der Waals surface area contributed by atoms with Crippen LogP contribution in [0.5, 0.6) is 5.75 Å². The zero-order valence-corrected chi connectivity index (χ0v) is 10.8. The van der Waals surface area contributed by atoms with Crippen molar-refractivity contribution < 1.29 is 9.15 Å². The number of ether oxygens (including phenoxy) is 1. The molecule has 0 radical (unpaired) electrons. The SMILES string of the molecule is CC(C)COc1ccccc1NCc1ccco1. The van der Waals surface area contributed by atoms with Gasteiger partial charge in [-0.25, -0.2) is 0 Å². The molecule has 96 valence electrons. The summed E-state index contributed by atoms with van der Waals surface area (Å²) in [4.78, 5) is 0. The third-order valence-corrected chi connectivity index (χ3v) is 2.49. The van der Waals surface area contributed by atoms with E-state index in [9.17, 15) is 0 Å². The number of rotatable bonds is 6. The van der Waals surface area contributed by atoms with Crippen LogP contribution in [-0.2, 0) is 6.54 Å². The molecule has 1 N–H and O–H groups in total. The Bertz CT molecular complexity index is 463. The largest absolute Gasteiger partial charge is 0.491 e. The minimum atomic E-state index is 0.517. The van der Waals surface area contributed by atoms with E-state index in [1.165, 1.54) is 0 Å². The van der Waals surface area contributed by atoms with Crippen molar-refractivity contribution in [2.45, 2.75) is 20.4 Å². The summed E-state index contributed by atoms with van der Waals surface area (Å²) >= 11 is 0. The standard InChI is InChI=1S/C15H19NO2/c1-12(2)11-18-15-8-4-3-7-14(15)16-10-13-6-5-9-17-13/h3-9,12,16H,10-11H2,1-2H3. The van der Waals surface area contributed by atoms with Crippen LogP contribution in [0, 0.1) is 5.92 Å². The third kappa shape index (κ3) is 3.55. The van der Waals surface area contributed by atoms with E-state index in [1.54, 1.807) is 6.26 Å². The molecular formula is C15H19NO2. The van der Waals surface area contributed by atoms with Gasteiger partial charge in [0.25, 0.3) is 0 Å². The molecule has 1 aromatic carbocycles. The first-order valence-corrected chi connectivity index (χ1v) is 6.24. The van der Waals surface area contributed by atoms with E-state index in [2.05, 4.69) is 19.2 Å². The summed E-state index contributed by atoms with van der Waals surface area (Å²) < 4.78 is 11.1. The van der Waals surface area contributed by atoms with Crippen LogP contribution in [0.25, 0.3) is 0 Å². The molecule has 1 heterocycles. The van der Waals surface area contributed by atoms with Gasteiger partial charge in [0.05, 0.1) is 25.1 Å². The van der Waals surface area contributed by atoms with Crippen molar-refractivity contribution in [1.82, 2.24) is 0 Å². The number of hydrogen-bond donors (Lipinski definition) is 1. The predicted molar refractivity (Wildman–Crippen MR) is 72.8 cm³/mol. The van der Waals surface area contributed by atoms with Gasteiger partial charge in [-0.2, -0.15) is 0 Å². The first-order valence-electron chi connectivity index (χ1n) is 6.24. The Hall–Kier alpha value is -1.90. The van der Waals surface area contributed by atoms with Crippen molar-refractivity contribution >= 4 is 5.69 Å². The number of benzene rings is 1. The summed E-state index contributed by atoms with van der Waals surface area (Å²) in [6, 6.07) is 11.8. The number of anilines is 1. The maximum Gasteiger partial charge on any atom is 0.142 e. The number of hydrogen-bond acceptors (Lipinski definition) is 3. The number of nitrogens with one attached hydrogen (secondary N) is 1. The first-order chi connectivity index (χ1) is 8.75. The van der Waals surface area contributed by atoms with Crippen molar-refractivity contribution in [3.8, 4) is 5.75 Å². The van der Waals surface area contributed by atoms with Gasteiger partial charge in [-0.1, -0.05) is 26.0 Å². The highest BCUT2D eigenvalue weighted by molar-refractivity contribution is 5.56. The average Bonchev–Trinajstić information content (AvgIpc) is 2.88. The summed E-state index contributed by atoms with van der Waals surface area (Å²) in [5, 5.41) is 3.32. The topological polar surface area (TPSA) is 34.4 Å². The van der Waals surface area contributed by atoms with E-state index >= 15 is 0 Å². The Morgan fingerprint density at radius 3 is 2.72 bits per heavy atom. The molecular weight excluding hydrogens is 226 g/mol. The molecule has 0 aliphatic carbocycles. The molecule has 2 rings (SSSR count). The highest BCUT2D eigenvalue weighted by atomic mass is 16.5. The molecule has 0 amide bonds. The van der Waals surface area contributed by atoms with Gasteiger partial charge >= 0.3 is 0 Å². The molecule has 0 saturated carbocycles. The monoisotopic (exact) mass is 245 g/mol. The van der Waals surface area contributed by atoms with Crippen molar-refractivity contribution in [2.75, 3.05) is 11.9 Å². The molecule has 0 aliphatic rings. The van der Waals surface area contributed by atoms with Crippen molar-refractivity contribution in [3.05, 3.63) is 48.4 Å². The van der Waals surface area contributed by atoms with Gasteiger partial charge in [0.2, 0.25) is 0 Å². The maximum absolute atomic E-state index is 5.78. The highest BCUT2D eigenvalue weighted by Crippen LogP contribution is 2.24. The van der Waals surface area contributed by atoms with Crippen LogP contribution in [0.2, 0.25) is 0 Å². The van der Waals surface area contributed by atoms with Crippen LogP contribution in [0.3, 0.4) is 0 Å². The van der Waals surface area contributed by atoms with E-state index in [-0.39, 0.29) is 0 Å². The molecule has 18 heavy (non-hydrogen) atoms. The highest BCUT2D eigenvalue weighted by Gasteiger charge is 2.04. The van der Waals surface area contributed by atoms with Crippen molar-refractivity contribution in [2.24, 2.45) is 5.92 Å². The first kappa shape index (κ1) is 12.6. The van der Waals surface area contributed by atoms with Crippen LogP contribution in [-0.4, -0.2) is 6.61 Å². The van der Waals surface area contributed by atoms with E-state index in [4.69, 9.17) is 9.15 Å². The van der Waals surface area contributed by atoms with E-state index in [0.717, 1.165) is 23.8 Å². The lowest BCUT2D eigenvalue weighted by Gasteiger charge is -2.13. The van der Waals surface area contributed by atoms with Crippen LogP contribution in [0.15, 0.2) is 47.1 Å². The van der Waals surface area contributed by atoms with Crippen LogP contribution in [0.1, 0.15) is 19.6 Å². The van der Waals surface area contributed by atoms with E-state index in [1.807, 2.05) is 36.4 Å². The molecule has 0 saturated heterocycles. The second kappa shape index (κ2) is 6.15. The zero-order valence-electron chi connectivity index (χ0n) is 10.8. The molecule has 0 atom stereocenters. The minimum Gasteiger partial charge on any atom is -0.491 e. The molecule has 0 unspecified atom stereocenters.